The first kappa shape index (κ1) is 32.8. The maximum atomic E-state index is 13.1. The van der Waals surface area contributed by atoms with E-state index in [-0.39, 0.29) is 25.5 Å². The zero-order valence-corrected chi connectivity index (χ0v) is 24.6. The van der Waals surface area contributed by atoms with Crippen molar-refractivity contribution in [1.29, 1.82) is 0 Å². The summed E-state index contributed by atoms with van der Waals surface area (Å²) in [7, 11) is 0. The van der Waals surface area contributed by atoms with Crippen LogP contribution in [0.3, 0.4) is 0 Å². The number of benzene rings is 3. The topological polar surface area (TPSA) is 143 Å². The summed E-state index contributed by atoms with van der Waals surface area (Å²) in [4.78, 5) is 51.1. The third-order valence-electron chi connectivity index (χ3n) is 6.47. The number of amides is 3. The zero-order chi connectivity index (χ0) is 31.2. The predicted molar refractivity (Wildman–Crippen MR) is 161 cm³/mol. The number of aliphatic hydroxyl groups excluding tert-OH is 1. The van der Waals surface area contributed by atoms with Crippen LogP contribution in [-0.4, -0.2) is 47.4 Å². The van der Waals surface area contributed by atoms with Gasteiger partial charge in [-0.2, -0.15) is 0 Å². The molecule has 10 nitrogen and oxygen atoms in total. The van der Waals surface area contributed by atoms with E-state index in [0.29, 0.717) is 23.5 Å². The maximum Gasteiger partial charge on any atom is 0.408 e. The number of para-hydroxylation sites is 1. The van der Waals surface area contributed by atoms with E-state index >= 15 is 0 Å². The van der Waals surface area contributed by atoms with Crippen LogP contribution in [-0.2, 0) is 25.7 Å². The molecular formula is C33H39N3O7. The Bertz CT molecular complexity index is 1350. The average Bonchev–Trinajstić information content (AvgIpc) is 3.01. The molecule has 0 saturated carbocycles. The number of aliphatic hydroxyl groups is 1. The molecule has 2 unspecified atom stereocenters. The Balaban J connectivity index is 1.53. The molecule has 0 aliphatic rings. The number of carbonyl (C=O) groups is 4. The molecule has 3 amide bonds. The molecule has 0 aliphatic heterocycles. The molecule has 0 aliphatic carbocycles. The van der Waals surface area contributed by atoms with Crippen molar-refractivity contribution < 1.29 is 33.8 Å². The summed E-state index contributed by atoms with van der Waals surface area (Å²) >= 11 is 0. The van der Waals surface area contributed by atoms with Gasteiger partial charge in [0.1, 0.15) is 24.1 Å². The van der Waals surface area contributed by atoms with E-state index < -0.39 is 41.9 Å². The number of ether oxygens (including phenoxy) is 2. The monoisotopic (exact) mass is 589 g/mol. The van der Waals surface area contributed by atoms with E-state index in [0.717, 1.165) is 5.56 Å². The highest BCUT2D eigenvalue weighted by atomic mass is 16.5. The molecule has 4 N–H and O–H groups in total. The van der Waals surface area contributed by atoms with Crippen LogP contribution in [0.1, 0.15) is 50.8 Å². The lowest BCUT2D eigenvalue weighted by Gasteiger charge is -2.23. The van der Waals surface area contributed by atoms with Gasteiger partial charge in [0.25, 0.3) is 5.91 Å². The van der Waals surface area contributed by atoms with Crippen LogP contribution in [0.2, 0.25) is 0 Å². The van der Waals surface area contributed by atoms with Crippen molar-refractivity contribution in [1.82, 2.24) is 16.0 Å². The second kappa shape index (κ2) is 16.7. The Kier molecular flexibility index (Phi) is 12.7. The highest BCUT2D eigenvalue weighted by Crippen LogP contribution is 2.24. The minimum absolute atomic E-state index is 0.0368. The molecule has 228 valence electrons. The fourth-order valence-corrected chi connectivity index (χ4v) is 4.20. The number of Topliss-reactive ketones (excluding diaryl/α,β-unsaturated/α-hetero) is 1. The third-order valence-corrected chi connectivity index (χ3v) is 6.47. The second-order valence-electron chi connectivity index (χ2n) is 10.4. The Morgan fingerprint density at radius 2 is 1.47 bits per heavy atom. The lowest BCUT2D eigenvalue weighted by molar-refractivity contribution is -0.140. The largest absolute Gasteiger partial charge is 0.457 e. The fourth-order valence-electron chi connectivity index (χ4n) is 4.20. The quantitative estimate of drug-likeness (QED) is 0.192. The lowest BCUT2D eigenvalue weighted by atomic mass is 10.0. The SMILES string of the molecule is CCC(NC(=O)[C@H](CC(C)C)NC(=O)OCc1ccccc1)C(=O)C(=O)NCC(O)c1cccc(Oc2ccccc2)c1. The molecule has 10 heteroatoms. The van der Waals surface area contributed by atoms with Gasteiger partial charge in [0.2, 0.25) is 11.7 Å². The first-order valence-electron chi connectivity index (χ1n) is 14.3. The summed E-state index contributed by atoms with van der Waals surface area (Å²) < 4.78 is 11.0. The summed E-state index contributed by atoms with van der Waals surface area (Å²) in [6, 6.07) is 23.0. The molecule has 0 saturated heterocycles. The molecule has 0 aromatic heterocycles. The van der Waals surface area contributed by atoms with Gasteiger partial charge < -0.3 is 30.5 Å². The van der Waals surface area contributed by atoms with Gasteiger partial charge in [0, 0.05) is 6.54 Å². The number of hydrogen-bond acceptors (Lipinski definition) is 7. The summed E-state index contributed by atoms with van der Waals surface area (Å²) in [5.74, 6) is -1.23. The summed E-state index contributed by atoms with van der Waals surface area (Å²) in [6.45, 7) is 5.25. The van der Waals surface area contributed by atoms with E-state index in [1.54, 1.807) is 43.3 Å². The van der Waals surface area contributed by atoms with Crippen molar-refractivity contribution in [2.45, 2.75) is 58.4 Å². The van der Waals surface area contributed by atoms with Crippen molar-refractivity contribution in [2.75, 3.05) is 6.54 Å². The Morgan fingerprint density at radius 3 is 2.12 bits per heavy atom. The van der Waals surface area contributed by atoms with Gasteiger partial charge in [0.15, 0.2) is 0 Å². The highest BCUT2D eigenvalue weighted by Gasteiger charge is 2.30. The molecule has 0 radical (unpaired) electrons. The first-order valence-corrected chi connectivity index (χ1v) is 14.3. The highest BCUT2D eigenvalue weighted by molar-refractivity contribution is 6.38. The minimum Gasteiger partial charge on any atom is -0.457 e. The van der Waals surface area contributed by atoms with E-state index in [4.69, 9.17) is 9.47 Å². The summed E-state index contributed by atoms with van der Waals surface area (Å²) in [5.41, 5.74) is 1.28. The van der Waals surface area contributed by atoms with Gasteiger partial charge in [-0.25, -0.2) is 4.79 Å². The van der Waals surface area contributed by atoms with Crippen molar-refractivity contribution in [2.24, 2.45) is 5.92 Å². The number of alkyl carbamates (subject to hydrolysis) is 1. The van der Waals surface area contributed by atoms with Gasteiger partial charge in [-0.3, -0.25) is 14.4 Å². The Labute approximate surface area is 251 Å². The van der Waals surface area contributed by atoms with Crippen LogP contribution in [0, 0.1) is 5.92 Å². The number of ketones is 1. The molecule has 0 spiro atoms. The first-order chi connectivity index (χ1) is 20.7. The molecular weight excluding hydrogens is 550 g/mol. The Morgan fingerprint density at radius 1 is 0.814 bits per heavy atom. The van der Waals surface area contributed by atoms with Crippen molar-refractivity contribution in [3.05, 3.63) is 96.1 Å². The van der Waals surface area contributed by atoms with Crippen LogP contribution < -0.4 is 20.7 Å². The molecule has 3 aromatic rings. The normalized spacial score (nSPS) is 12.9. The Hall–Kier alpha value is -4.70. The van der Waals surface area contributed by atoms with Gasteiger partial charge in [-0.1, -0.05) is 81.4 Å². The van der Waals surface area contributed by atoms with Crippen LogP contribution in [0.5, 0.6) is 11.5 Å². The van der Waals surface area contributed by atoms with Gasteiger partial charge in [-0.05, 0) is 54.2 Å². The number of carbonyl (C=O) groups excluding carboxylic acids is 4. The van der Waals surface area contributed by atoms with Crippen LogP contribution in [0.4, 0.5) is 4.79 Å². The summed E-state index contributed by atoms with van der Waals surface area (Å²) in [5, 5.41) is 18.2. The molecule has 3 atom stereocenters. The second-order valence-corrected chi connectivity index (χ2v) is 10.4. The van der Waals surface area contributed by atoms with Gasteiger partial charge >= 0.3 is 6.09 Å². The zero-order valence-electron chi connectivity index (χ0n) is 24.6. The van der Waals surface area contributed by atoms with Gasteiger partial charge in [-0.15, -0.1) is 0 Å². The predicted octanol–water partition coefficient (Wildman–Crippen LogP) is 4.43. The smallest absolute Gasteiger partial charge is 0.408 e. The fraction of sp³-hybridized carbons (Fsp3) is 0.333. The van der Waals surface area contributed by atoms with E-state index in [1.807, 2.05) is 62.4 Å². The van der Waals surface area contributed by atoms with Crippen molar-refractivity contribution in [3.63, 3.8) is 0 Å². The van der Waals surface area contributed by atoms with Crippen molar-refractivity contribution in [3.8, 4) is 11.5 Å². The standard InChI is InChI=1S/C33H39N3O7/c1-4-27(35-31(39)28(18-22(2)3)36-33(41)42-21-23-12-7-5-8-13-23)30(38)32(40)34-20-29(37)24-14-11-17-26(19-24)43-25-15-9-6-10-16-25/h5-17,19,22,27-29,37H,4,18,20-21H2,1-3H3,(H,34,40)(H,35,39)(H,36,41)/t27?,28-,29?/m0/s1. The lowest BCUT2D eigenvalue weighted by Crippen LogP contribution is -2.54. The molecule has 0 heterocycles. The molecule has 3 rings (SSSR count). The molecule has 0 fully saturated rings. The molecule has 0 bridgehead atoms. The number of nitrogens with one attached hydrogen (secondary N) is 3. The van der Waals surface area contributed by atoms with E-state index in [2.05, 4.69) is 16.0 Å². The molecule has 43 heavy (non-hydrogen) atoms. The van der Waals surface area contributed by atoms with E-state index in [9.17, 15) is 24.3 Å². The number of hydrogen-bond donors (Lipinski definition) is 4. The summed E-state index contributed by atoms with van der Waals surface area (Å²) in [6.07, 6.45) is -1.43. The van der Waals surface area contributed by atoms with Crippen LogP contribution in [0.25, 0.3) is 0 Å². The average molecular weight is 590 g/mol. The maximum absolute atomic E-state index is 13.1. The van der Waals surface area contributed by atoms with Gasteiger partial charge in [0.05, 0.1) is 12.1 Å². The van der Waals surface area contributed by atoms with Crippen LogP contribution >= 0.6 is 0 Å². The molecule has 3 aromatic carbocycles. The van der Waals surface area contributed by atoms with Crippen molar-refractivity contribution >= 4 is 23.7 Å². The van der Waals surface area contributed by atoms with E-state index in [1.165, 1.54) is 0 Å². The minimum atomic E-state index is -1.12. The third kappa shape index (κ3) is 10.9. The number of rotatable bonds is 15. The van der Waals surface area contributed by atoms with Crippen LogP contribution in [0.15, 0.2) is 84.9 Å².